The van der Waals surface area contributed by atoms with Crippen LogP contribution in [-0.2, 0) is 6.61 Å². The fraction of sp³-hybridized carbons (Fsp3) is 0.200. The fourth-order valence-corrected chi connectivity index (χ4v) is 3.17. The van der Waals surface area contributed by atoms with E-state index in [1.54, 1.807) is 19.1 Å². The van der Waals surface area contributed by atoms with Crippen LogP contribution in [0, 0.1) is 24.0 Å². The molecule has 7 nitrogen and oxygen atoms in total. The summed E-state index contributed by atoms with van der Waals surface area (Å²) in [5, 5.41) is 12.8. The van der Waals surface area contributed by atoms with Crippen LogP contribution >= 0.6 is 11.3 Å². The van der Waals surface area contributed by atoms with Gasteiger partial charge in [-0.25, -0.2) is 4.98 Å². The molecular formula is C15H13N3O4S. The van der Waals surface area contributed by atoms with E-state index in [-0.39, 0.29) is 17.9 Å². The highest BCUT2D eigenvalue weighted by Gasteiger charge is 2.14. The number of nitrogens with zero attached hydrogens (tertiary/aromatic N) is 3. The first-order valence-electron chi connectivity index (χ1n) is 6.81. The zero-order valence-electron chi connectivity index (χ0n) is 12.5. The van der Waals surface area contributed by atoms with Crippen LogP contribution in [0.3, 0.4) is 0 Å². The number of hydrogen-bond acceptors (Lipinski definition) is 6. The van der Waals surface area contributed by atoms with E-state index in [2.05, 4.69) is 4.98 Å². The number of fused-ring (bicyclic) bond motifs is 1. The minimum Gasteiger partial charge on any atom is -0.487 e. The molecular weight excluding hydrogens is 318 g/mol. The highest BCUT2D eigenvalue weighted by molar-refractivity contribution is 7.15. The maximum absolute atomic E-state index is 12.1. The van der Waals surface area contributed by atoms with Crippen molar-refractivity contribution in [1.29, 1.82) is 0 Å². The third-order valence-corrected chi connectivity index (χ3v) is 4.40. The molecule has 118 valence electrons. The predicted octanol–water partition coefficient (Wildman–Crippen LogP) is 2.86. The molecule has 0 bridgehead atoms. The van der Waals surface area contributed by atoms with Crippen molar-refractivity contribution < 1.29 is 9.66 Å². The van der Waals surface area contributed by atoms with E-state index in [1.165, 1.54) is 27.9 Å². The molecule has 0 aliphatic heterocycles. The van der Waals surface area contributed by atoms with E-state index >= 15 is 0 Å². The van der Waals surface area contributed by atoms with E-state index in [0.29, 0.717) is 22.0 Å². The van der Waals surface area contributed by atoms with Crippen LogP contribution in [0.2, 0.25) is 0 Å². The van der Waals surface area contributed by atoms with Crippen molar-refractivity contribution in [2.45, 2.75) is 20.5 Å². The summed E-state index contributed by atoms with van der Waals surface area (Å²) in [4.78, 5) is 27.6. The lowest BCUT2D eigenvalue weighted by atomic mass is 10.2. The van der Waals surface area contributed by atoms with Crippen LogP contribution < -0.4 is 10.3 Å². The van der Waals surface area contributed by atoms with Crippen molar-refractivity contribution in [1.82, 2.24) is 9.38 Å². The van der Waals surface area contributed by atoms with Crippen molar-refractivity contribution >= 4 is 22.0 Å². The van der Waals surface area contributed by atoms with Crippen molar-refractivity contribution in [2.24, 2.45) is 0 Å². The smallest absolute Gasteiger partial charge is 0.276 e. The van der Waals surface area contributed by atoms with Gasteiger partial charge in [0.1, 0.15) is 12.4 Å². The second-order valence-corrected chi connectivity index (χ2v) is 5.86. The standard InChI is InChI=1S/C15H13N3O4S/c1-9-8-23-15-16-11(6-14(19)17(9)15)7-22-13-5-3-4-12(10(13)2)18(20)21/h3-6,8H,7H2,1-2H3. The summed E-state index contributed by atoms with van der Waals surface area (Å²) in [7, 11) is 0. The summed E-state index contributed by atoms with van der Waals surface area (Å²) in [5.41, 5.74) is 1.61. The monoisotopic (exact) mass is 331 g/mol. The molecule has 0 aliphatic rings. The molecule has 0 aliphatic carbocycles. The summed E-state index contributed by atoms with van der Waals surface area (Å²) in [5.74, 6) is 0.406. The van der Waals surface area contributed by atoms with Crippen LogP contribution in [-0.4, -0.2) is 14.3 Å². The first-order valence-corrected chi connectivity index (χ1v) is 7.69. The maximum Gasteiger partial charge on any atom is 0.276 e. The van der Waals surface area contributed by atoms with Gasteiger partial charge in [0, 0.05) is 23.2 Å². The van der Waals surface area contributed by atoms with Gasteiger partial charge in [-0.3, -0.25) is 19.3 Å². The minimum absolute atomic E-state index is 0.000127. The van der Waals surface area contributed by atoms with Crippen LogP contribution in [0.15, 0.2) is 34.4 Å². The first kappa shape index (κ1) is 15.2. The quantitative estimate of drug-likeness (QED) is 0.542. The van der Waals surface area contributed by atoms with Gasteiger partial charge >= 0.3 is 0 Å². The average Bonchev–Trinajstić information content (AvgIpc) is 2.87. The molecule has 1 aromatic carbocycles. The Hall–Kier alpha value is -2.74. The maximum atomic E-state index is 12.1. The Labute approximate surface area is 135 Å². The highest BCUT2D eigenvalue weighted by Crippen LogP contribution is 2.27. The Kier molecular flexibility index (Phi) is 3.83. The molecule has 23 heavy (non-hydrogen) atoms. The van der Waals surface area contributed by atoms with Crippen LogP contribution in [0.5, 0.6) is 5.75 Å². The largest absolute Gasteiger partial charge is 0.487 e. The van der Waals surface area contributed by atoms with Crippen LogP contribution in [0.25, 0.3) is 4.96 Å². The molecule has 0 N–H and O–H groups in total. The molecule has 0 unspecified atom stereocenters. The second kappa shape index (κ2) is 5.81. The van der Waals surface area contributed by atoms with Gasteiger partial charge in [-0.05, 0) is 19.9 Å². The Bertz CT molecular complexity index is 961. The van der Waals surface area contributed by atoms with Gasteiger partial charge in [0.15, 0.2) is 4.96 Å². The number of nitro benzene ring substituents is 1. The highest BCUT2D eigenvalue weighted by atomic mass is 32.1. The van der Waals surface area contributed by atoms with Gasteiger partial charge in [-0.15, -0.1) is 11.3 Å². The molecule has 3 rings (SSSR count). The molecule has 0 atom stereocenters. The van der Waals surface area contributed by atoms with Crippen LogP contribution in [0.4, 0.5) is 5.69 Å². The molecule has 8 heteroatoms. The summed E-state index contributed by atoms with van der Waals surface area (Å²) < 4.78 is 7.15. The molecule has 0 spiro atoms. The van der Waals surface area contributed by atoms with Crippen molar-refractivity contribution in [2.75, 3.05) is 0 Å². The number of benzene rings is 1. The van der Waals surface area contributed by atoms with E-state index in [9.17, 15) is 14.9 Å². The van der Waals surface area contributed by atoms with Gasteiger partial charge in [0.25, 0.3) is 11.2 Å². The lowest BCUT2D eigenvalue weighted by Gasteiger charge is -2.09. The van der Waals surface area contributed by atoms with Crippen molar-refractivity contribution in [3.8, 4) is 5.75 Å². The Morgan fingerprint density at radius 3 is 2.91 bits per heavy atom. The SMILES string of the molecule is Cc1c(OCc2cc(=O)n3c(C)csc3n2)cccc1[N+](=O)[O-]. The number of hydrogen-bond donors (Lipinski definition) is 0. The Balaban J connectivity index is 1.88. The zero-order chi connectivity index (χ0) is 16.6. The third-order valence-electron chi connectivity index (χ3n) is 3.46. The first-order chi connectivity index (χ1) is 11.0. The second-order valence-electron chi connectivity index (χ2n) is 5.03. The van der Waals surface area contributed by atoms with Gasteiger partial charge in [-0.1, -0.05) is 6.07 Å². The van der Waals surface area contributed by atoms with E-state index in [1.807, 2.05) is 12.3 Å². The van der Waals surface area contributed by atoms with Gasteiger partial charge in [-0.2, -0.15) is 0 Å². The summed E-state index contributed by atoms with van der Waals surface area (Å²) >= 11 is 1.38. The normalized spacial score (nSPS) is 10.9. The molecule has 2 aromatic heterocycles. The average molecular weight is 331 g/mol. The predicted molar refractivity (Wildman–Crippen MR) is 86.2 cm³/mol. The van der Waals surface area contributed by atoms with Crippen LogP contribution in [0.1, 0.15) is 17.0 Å². The molecule has 0 fully saturated rings. The number of thiazole rings is 1. The van der Waals surface area contributed by atoms with E-state index in [0.717, 1.165) is 5.69 Å². The van der Waals surface area contributed by atoms with Gasteiger partial charge in [0.05, 0.1) is 16.2 Å². The summed E-state index contributed by atoms with van der Waals surface area (Å²) in [6.45, 7) is 3.54. The minimum atomic E-state index is -0.451. The molecule has 0 saturated heterocycles. The van der Waals surface area contributed by atoms with Gasteiger partial charge in [0.2, 0.25) is 0 Å². The molecule has 0 amide bonds. The molecule has 2 heterocycles. The number of nitro groups is 1. The number of aromatic nitrogens is 2. The lowest BCUT2D eigenvalue weighted by molar-refractivity contribution is -0.385. The fourth-order valence-electron chi connectivity index (χ4n) is 2.28. The number of aryl methyl sites for hydroxylation is 1. The molecule has 0 radical (unpaired) electrons. The van der Waals surface area contributed by atoms with Crippen molar-refractivity contribution in [3.63, 3.8) is 0 Å². The van der Waals surface area contributed by atoms with E-state index in [4.69, 9.17) is 4.74 Å². The Morgan fingerprint density at radius 2 is 2.17 bits per heavy atom. The van der Waals surface area contributed by atoms with Crippen molar-refractivity contribution in [3.05, 3.63) is 67.1 Å². The molecule has 0 saturated carbocycles. The molecule has 3 aromatic rings. The number of ether oxygens (including phenoxy) is 1. The summed E-state index contributed by atoms with van der Waals surface area (Å²) in [6, 6.07) is 6.06. The Morgan fingerprint density at radius 1 is 1.39 bits per heavy atom. The number of rotatable bonds is 4. The van der Waals surface area contributed by atoms with Gasteiger partial charge < -0.3 is 4.74 Å². The topological polar surface area (TPSA) is 86.7 Å². The zero-order valence-corrected chi connectivity index (χ0v) is 13.3. The summed E-state index contributed by atoms with van der Waals surface area (Å²) in [6.07, 6.45) is 0. The van der Waals surface area contributed by atoms with E-state index < -0.39 is 4.92 Å². The third kappa shape index (κ3) is 2.80. The lowest BCUT2D eigenvalue weighted by Crippen LogP contribution is -2.16.